The number of hydrogen-bond donors (Lipinski definition) is 2. The Balaban J connectivity index is 1.74. The molecule has 1 aliphatic rings. The fraction of sp³-hybridized carbons (Fsp3) is 0.0588. The lowest BCUT2D eigenvalue weighted by atomic mass is 10.1. The number of nitrogens with one attached hydrogen (secondary N) is 1. The summed E-state index contributed by atoms with van der Waals surface area (Å²) >= 11 is 3.24. The molecular weight excluding hydrogens is 392 g/mol. The van der Waals surface area contributed by atoms with Crippen LogP contribution < -0.4 is 5.32 Å². The van der Waals surface area contributed by atoms with Gasteiger partial charge in [-0.15, -0.1) is 0 Å². The van der Waals surface area contributed by atoms with Crippen LogP contribution in [-0.4, -0.2) is 40.2 Å². The molecule has 1 heterocycles. The highest BCUT2D eigenvalue weighted by molar-refractivity contribution is 9.10. The third-order valence-corrected chi connectivity index (χ3v) is 4.12. The van der Waals surface area contributed by atoms with E-state index in [0.29, 0.717) is 4.47 Å². The molecule has 3 rings (SSSR count). The van der Waals surface area contributed by atoms with Gasteiger partial charge >= 0.3 is 5.97 Å². The quantitative estimate of drug-likeness (QED) is 0.763. The van der Waals surface area contributed by atoms with Crippen LogP contribution in [0.1, 0.15) is 31.1 Å². The number of benzene rings is 2. The van der Waals surface area contributed by atoms with E-state index in [1.165, 1.54) is 36.4 Å². The lowest BCUT2D eigenvalue weighted by Crippen LogP contribution is -2.37. The predicted octanol–water partition coefficient (Wildman–Crippen LogP) is 2.38. The Bertz CT molecular complexity index is 925. The van der Waals surface area contributed by atoms with Crippen LogP contribution in [0.5, 0.6) is 0 Å². The van der Waals surface area contributed by atoms with Gasteiger partial charge in [-0.2, -0.15) is 0 Å². The number of carboxylic acids is 1. The summed E-state index contributed by atoms with van der Waals surface area (Å²) in [4.78, 5) is 48.5. The highest BCUT2D eigenvalue weighted by Crippen LogP contribution is 2.26. The van der Waals surface area contributed by atoms with Gasteiger partial charge in [-0.05, 0) is 36.4 Å². The number of carboxylic acid groups (broad SMARTS) is 1. The SMILES string of the molecule is O=C(CN1C(=O)c2ccc(Br)cc2C1=O)Nc1cccc(C(=O)O)c1. The number of nitrogens with zero attached hydrogens (tertiary/aromatic N) is 1. The first kappa shape index (κ1) is 16.8. The Kier molecular flexibility index (Phi) is 4.37. The molecule has 1 aliphatic heterocycles. The van der Waals surface area contributed by atoms with Crippen LogP contribution >= 0.6 is 15.9 Å². The third kappa shape index (κ3) is 3.29. The van der Waals surface area contributed by atoms with Crippen LogP contribution in [0.4, 0.5) is 5.69 Å². The summed E-state index contributed by atoms with van der Waals surface area (Å²) < 4.78 is 0.657. The van der Waals surface area contributed by atoms with Crippen molar-refractivity contribution >= 4 is 45.3 Å². The Hall–Kier alpha value is -3.00. The van der Waals surface area contributed by atoms with E-state index in [1.54, 1.807) is 6.07 Å². The molecule has 0 saturated heterocycles. The maximum Gasteiger partial charge on any atom is 0.335 e. The van der Waals surface area contributed by atoms with Crippen molar-refractivity contribution in [1.82, 2.24) is 4.90 Å². The van der Waals surface area contributed by atoms with Crippen molar-refractivity contribution in [2.75, 3.05) is 11.9 Å². The highest BCUT2D eigenvalue weighted by Gasteiger charge is 2.36. The van der Waals surface area contributed by atoms with Crippen molar-refractivity contribution in [2.45, 2.75) is 0 Å². The Morgan fingerprint density at radius 1 is 1.04 bits per heavy atom. The fourth-order valence-corrected chi connectivity index (χ4v) is 2.84. The second-order valence-electron chi connectivity index (χ2n) is 5.32. The summed E-state index contributed by atoms with van der Waals surface area (Å²) in [7, 11) is 0. The summed E-state index contributed by atoms with van der Waals surface area (Å²) in [5.41, 5.74) is 0.765. The molecule has 3 amide bonds. The maximum atomic E-state index is 12.3. The molecule has 0 bridgehead atoms. The summed E-state index contributed by atoms with van der Waals surface area (Å²) in [6, 6.07) is 10.4. The van der Waals surface area contributed by atoms with E-state index >= 15 is 0 Å². The number of imide groups is 1. The highest BCUT2D eigenvalue weighted by atomic mass is 79.9. The molecule has 7 nitrogen and oxygen atoms in total. The van der Waals surface area contributed by atoms with Gasteiger partial charge in [-0.25, -0.2) is 4.79 Å². The molecule has 25 heavy (non-hydrogen) atoms. The molecule has 126 valence electrons. The van der Waals surface area contributed by atoms with Gasteiger partial charge < -0.3 is 10.4 Å². The summed E-state index contributed by atoms with van der Waals surface area (Å²) in [6.45, 7) is -0.457. The lowest BCUT2D eigenvalue weighted by Gasteiger charge is -2.13. The molecule has 2 aromatic carbocycles. The number of fused-ring (bicyclic) bond motifs is 1. The zero-order valence-electron chi connectivity index (χ0n) is 12.7. The number of anilines is 1. The van der Waals surface area contributed by atoms with Crippen molar-refractivity contribution in [3.05, 3.63) is 63.6 Å². The molecule has 0 saturated carbocycles. The number of rotatable bonds is 4. The van der Waals surface area contributed by atoms with Crippen molar-refractivity contribution in [3.8, 4) is 0 Å². The van der Waals surface area contributed by atoms with E-state index in [9.17, 15) is 19.2 Å². The zero-order valence-corrected chi connectivity index (χ0v) is 14.2. The number of halogens is 1. The molecule has 0 fully saturated rings. The minimum atomic E-state index is -1.12. The minimum absolute atomic E-state index is 0.0170. The molecule has 0 atom stereocenters. The second-order valence-corrected chi connectivity index (χ2v) is 6.24. The third-order valence-electron chi connectivity index (χ3n) is 3.63. The van der Waals surface area contributed by atoms with Gasteiger partial charge in [0.15, 0.2) is 0 Å². The molecule has 2 aromatic rings. The first-order valence-corrected chi connectivity index (χ1v) is 7.95. The topological polar surface area (TPSA) is 104 Å². The molecule has 0 radical (unpaired) electrons. The summed E-state index contributed by atoms with van der Waals surface area (Å²) in [5, 5.41) is 11.4. The van der Waals surface area contributed by atoms with Crippen molar-refractivity contribution < 1.29 is 24.3 Å². The minimum Gasteiger partial charge on any atom is -0.478 e. The van der Waals surface area contributed by atoms with E-state index in [2.05, 4.69) is 21.2 Å². The first-order valence-electron chi connectivity index (χ1n) is 7.16. The number of carbonyl (C=O) groups excluding carboxylic acids is 3. The number of carbonyl (C=O) groups is 4. The van der Waals surface area contributed by atoms with Crippen molar-refractivity contribution in [1.29, 1.82) is 0 Å². The van der Waals surface area contributed by atoms with E-state index in [1.807, 2.05) is 0 Å². The van der Waals surface area contributed by atoms with Crippen LogP contribution in [-0.2, 0) is 4.79 Å². The van der Waals surface area contributed by atoms with E-state index in [0.717, 1.165) is 4.90 Å². The van der Waals surface area contributed by atoms with Crippen LogP contribution in [0.3, 0.4) is 0 Å². The maximum absolute atomic E-state index is 12.3. The number of amides is 3. The lowest BCUT2D eigenvalue weighted by molar-refractivity contribution is -0.116. The molecule has 8 heteroatoms. The molecule has 2 N–H and O–H groups in total. The van der Waals surface area contributed by atoms with E-state index in [4.69, 9.17) is 5.11 Å². The number of hydrogen-bond acceptors (Lipinski definition) is 4. The van der Waals surface area contributed by atoms with Crippen LogP contribution in [0.25, 0.3) is 0 Å². The molecular formula is C17H11BrN2O5. The Morgan fingerprint density at radius 3 is 2.48 bits per heavy atom. The molecule has 0 spiro atoms. The van der Waals surface area contributed by atoms with E-state index in [-0.39, 0.29) is 22.4 Å². The van der Waals surface area contributed by atoms with Gasteiger partial charge in [0, 0.05) is 10.2 Å². The number of aromatic carboxylic acids is 1. The van der Waals surface area contributed by atoms with Gasteiger partial charge in [-0.1, -0.05) is 22.0 Å². The van der Waals surface area contributed by atoms with Gasteiger partial charge in [0.1, 0.15) is 6.54 Å². The second kappa shape index (κ2) is 6.48. The van der Waals surface area contributed by atoms with Gasteiger partial charge in [0.2, 0.25) is 5.91 Å². The Morgan fingerprint density at radius 2 is 1.76 bits per heavy atom. The predicted molar refractivity (Wildman–Crippen MR) is 91.5 cm³/mol. The average Bonchev–Trinajstić information content (AvgIpc) is 2.79. The average molecular weight is 403 g/mol. The van der Waals surface area contributed by atoms with Gasteiger partial charge in [0.05, 0.1) is 16.7 Å². The normalized spacial score (nSPS) is 12.9. The van der Waals surface area contributed by atoms with Gasteiger partial charge in [0.25, 0.3) is 11.8 Å². The fourth-order valence-electron chi connectivity index (χ4n) is 2.48. The largest absolute Gasteiger partial charge is 0.478 e. The van der Waals surface area contributed by atoms with Crippen molar-refractivity contribution in [2.24, 2.45) is 0 Å². The molecule has 0 aliphatic carbocycles. The monoisotopic (exact) mass is 402 g/mol. The van der Waals surface area contributed by atoms with Crippen LogP contribution in [0, 0.1) is 0 Å². The molecule has 0 aromatic heterocycles. The zero-order chi connectivity index (χ0) is 18.1. The standard InChI is InChI=1S/C17H11BrN2O5/c18-10-4-5-12-13(7-10)16(23)20(15(12)22)8-14(21)19-11-3-1-2-9(6-11)17(24)25/h1-7H,8H2,(H,19,21)(H,24,25). The van der Waals surface area contributed by atoms with Crippen LogP contribution in [0.15, 0.2) is 46.9 Å². The summed E-state index contributed by atoms with van der Waals surface area (Å²) in [6.07, 6.45) is 0. The van der Waals surface area contributed by atoms with Crippen molar-refractivity contribution in [3.63, 3.8) is 0 Å². The Labute approximate surface area is 150 Å². The summed E-state index contributed by atoms with van der Waals surface area (Å²) in [5.74, 6) is -2.81. The van der Waals surface area contributed by atoms with Gasteiger partial charge in [-0.3, -0.25) is 19.3 Å². The van der Waals surface area contributed by atoms with E-state index < -0.39 is 30.2 Å². The first-order chi connectivity index (χ1) is 11.9. The van der Waals surface area contributed by atoms with Crippen LogP contribution in [0.2, 0.25) is 0 Å². The smallest absolute Gasteiger partial charge is 0.335 e. The molecule has 0 unspecified atom stereocenters.